The number of fused-ring (bicyclic) bond motifs is 5. The third kappa shape index (κ3) is 4.35. The van der Waals surface area contributed by atoms with Crippen molar-refractivity contribution in [3.63, 3.8) is 0 Å². The van der Waals surface area contributed by atoms with E-state index in [-0.39, 0.29) is 0 Å². The minimum atomic E-state index is 0.971. The van der Waals surface area contributed by atoms with Crippen molar-refractivity contribution in [1.29, 1.82) is 0 Å². The number of hydrogen-bond acceptors (Lipinski definition) is 2. The zero-order valence-corrected chi connectivity index (χ0v) is 25.1. The third-order valence-electron chi connectivity index (χ3n) is 9.16. The molecule has 2 heterocycles. The smallest absolute Gasteiger partial charge is 0.0794 e. The highest BCUT2D eigenvalue weighted by Crippen LogP contribution is 2.42. The van der Waals surface area contributed by atoms with Crippen molar-refractivity contribution in [3.8, 4) is 44.6 Å². The molecule has 0 saturated carbocycles. The largest absolute Gasteiger partial charge is 0.264 e. The summed E-state index contributed by atoms with van der Waals surface area (Å²) in [5.74, 6) is 0. The maximum atomic E-state index is 5.46. The molecule has 0 aliphatic rings. The summed E-state index contributed by atoms with van der Waals surface area (Å²) in [6, 6.07) is 56.6. The molecule has 2 nitrogen and oxygen atoms in total. The van der Waals surface area contributed by atoms with Crippen molar-refractivity contribution < 1.29 is 0 Å². The fourth-order valence-electron chi connectivity index (χ4n) is 6.94. The maximum Gasteiger partial charge on any atom is 0.0794 e. The molecule has 0 amide bonds. The second-order valence-electron chi connectivity index (χ2n) is 11.8. The number of nitrogens with zero attached hydrogens (tertiary/aromatic N) is 2. The van der Waals surface area contributed by atoms with Crippen LogP contribution in [0.3, 0.4) is 0 Å². The van der Waals surface area contributed by atoms with Crippen molar-refractivity contribution in [2.24, 2.45) is 0 Å². The number of hydrogen-bond donors (Lipinski definition) is 0. The van der Waals surface area contributed by atoms with Crippen LogP contribution in [0.1, 0.15) is 0 Å². The normalized spacial score (nSPS) is 11.5. The molecule has 0 bridgehead atoms. The van der Waals surface area contributed by atoms with Crippen LogP contribution in [0.2, 0.25) is 0 Å². The number of aromatic nitrogens is 2. The van der Waals surface area contributed by atoms with Gasteiger partial charge in [0, 0.05) is 28.7 Å². The lowest BCUT2D eigenvalue weighted by atomic mass is 9.89. The molecular formula is C44H28N2. The van der Waals surface area contributed by atoms with E-state index < -0.39 is 0 Å². The van der Waals surface area contributed by atoms with Gasteiger partial charge in [-0.15, -0.1) is 0 Å². The van der Waals surface area contributed by atoms with Crippen molar-refractivity contribution in [3.05, 3.63) is 170 Å². The van der Waals surface area contributed by atoms with Crippen LogP contribution in [0.25, 0.3) is 87.9 Å². The van der Waals surface area contributed by atoms with Crippen LogP contribution < -0.4 is 0 Å². The lowest BCUT2D eigenvalue weighted by Gasteiger charge is -2.17. The lowest BCUT2D eigenvalue weighted by molar-refractivity contribution is 1.33. The van der Waals surface area contributed by atoms with E-state index in [0.717, 1.165) is 49.8 Å². The van der Waals surface area contributed by atoms with Gasteiger partial charge < -0.3 is 0 Å². The molecule has 0 saturated heterocycles. The van der Waals surface area contributed by atoms with E-state index in [2.05, 4.69) is 157 Å². The second-order valence-corrected chi connectivity index (χ2v) is 11.8. The first-order chi connectivity index (χ1) is 22.8. The van der Waals surface area contributed by atoms with E-state index in [0.29, 0.717) is 0 Å². The van der Waals surface area contributed by atoms with E-state index in [4.69, 9.17) is 4.98 Å². The summed E-state index contributed by atoms with van der Waals surface area (Å²) >= 11 is 0. The Hall–Kier alpha value is -6.12. The molecule has 0 N–H and O–H groups in total. The first-order valence-electron chi connectivity index (χ1n) is 15.7. The zero-order chi connectivity index (χ0) is 30.5. The first kappa shape index (κ1) is 26.3. The maximum absolute atomic E-state index is 5.46. The van der Waals surface area contributed by atoms with Crippen LogP contribution in [0.5, 0.6) is 0 Å². The fraction of sp³-hybridized carbons (Fsp3) is 0. The van der Waals surface area contributed by atoms with Gasteiger partial charge in [0.1, 0.15) is 0 Å². The van der Waals surface area contributed by atoms with E-state index in [1.54, 1.807) is 0 Å². The Morgan fingerprint density at radius 3 is 1.67 bits per heavy atom. The third-order valence-corrected chi connectivity index (χ3v) is 9.16. The summed E-state index contributed by atoms with van der Waals surface area (Å²) in [6.07, 6.45) is 3.73. The molecule has 9 aromatic rings. The van der Waals surface area contributed by atoms with Gasteiger partial charge in [-0.2, -0.15) is 0 Å². The van der Waals surface area contributed by atoms with Crippen LogP contribution in [-0.2, 0) is 0 Å². The van der Waals surface area contributed by atoms with Crippen molar-refractivity contribution in [2.75, 3.05) is 0 Å². The Morgan fingerprint density at radius 2 is 0.957 bits per heavy atom. The van der Waals surface area contributed by atoms with Gasteiger partial charge in [-0.25, -0.2) is 4.98 Å². The molecule has 0 fully saturated rings. The van der Waals surface area contributed by atoms with Crippen LogP contribution in [-0.4, -0.2) is 9.97 Å². The SMILES string of the molecule is c1cncc(-c2ccc(-c3cc(-c4cccc5ccccc45)nc4c3cc(-c3cccc5ccccc35)c3ccccc34)cc2)c1. The topological polar surface area (TPSA) is 25.8 Å². The van der Waals surface area contributed by atoms with Gasteiger partial charge in [-0.1, -0.05) is 140 Å². The van der Waals surface area contributed by atoms with Crippen molar-refractivity contribution in [2.45, 2.75) is 0 Å². The summed E-state index contributed by atoms with van der Waals surface area (Å²) in [7, 11) is 0. The quantitative estimate of drug-likeness (QED) is 0.192. The van der Waals surface area contributed by atoms with Crippen molar-refractivity contribution in [1.82, 2.24) is 9.97 Å². The molecule has 46 heavy (non-hydrogen) atoms. The van der Waals surface area contributed by atoms with E-state index in [1.165, 1.54) is 38.1 Å². The molecule has 0 unspecified atom stereocenters. The summed E-state index contributed by atoms with van der Waals surface area (Å²) in [5.41, 5.74) is 10.1. The van der Waals surface area contributed by atoms with Crippen molar-refractivity contribution >= 4 is 43.2 Å². The molecule has 2 heteroatoms. The molecule has 0 atom stereocenters. The Morgan fingerprint density at radius 1 is 0.348 bits per heavy atom. The number of pyridine rings is 2. The predicted molar refractivity (Wildman–Crippen MR) is 194 cm³/mol. The van der Waals surface area contributed by atoms with Gasteiger partial charge in [0.05, 0.1) is 11.2 Å². The minimum Gasteiger partial charge on any atom is -0.264 e. The molecule has 0 spiro atoms. The van der Waals surface area contributed by atoms with Crippen LogP contribution in [0.4, 0.5) is 0 Å². The highest BCUT2D eigenvalue weighted by atomic mass is 14.7. The summed E-state index contributed by atoms with van der Waals surface area (Å²) in [6.45, 7) is 0. The molecule has 7 aromatic carbocycles. The molecule has 0 aliphatic carbocycles. The Labute approximate surface area is 267 Å². The summed E-state index contributed by atoms with van der Waals surface area (Å²) < 4.78 is 0. The standard InChI is InChI=1S/C44H28N2/c1-3-15-34-30(10-1)12-7-19-36(34)41-26-42-40(32-23-21-29(22-24-32)33-14-9-25-45-28-33)27-43(46-44(42)39-18-6-5-17-37(39)41)38-20-8-13-31-11-2-4-16-35(31)38/h1-28H. The minimum absolute atomic E-state index is 0.971. The average molecular weight is 585 g/mol. The fourth-order valence-corrected chi connectivity index (χ4v) is 6.94. The predicted octanol–water partition coefficient (Wildman–Crippen LogP) is 11.8. The summed E-state index contributed by atoms with van der Waals surface area (Å²) in [4.78, 5) is 9.80. The number of benzene rings is 7. The molecule has 2 aromatic heterocycles. The lowest BCUT2D eigenvalue weighted by Crippen LogP contribution is -1.94. The van der Waals surface area contributed by atoms with E-state index >= 15 is 0 Å². The van der Waals surface area contributed by atoms with Crippen LogP contribution >= 0.6 is 0 Å². The van der Waals surface area contributed by atoms with Gasteiger partial charge >= 0.3 is 0 Å². The van der Waals surface area contributed by atoms with E-state index in [1.807, 2.05) is 18.5 Å². The Kier molecular flexibility index (Phi) is 6.17. The monoisotopic (exact) mass is 584 g/mol. The Bertz CT molecular complexity index is 2560. The number of rotatable bonds is 4. The molecular weight excluding hydrogens is 556 g/mol. The van der Waals surface area contributed by atoms with Gasteiger partial charge in [0.2, 0.25) is 0 Å². The van der Waals surface area contributed by atoms with Gasteiger partial charge in [-0.3, -0.25) is 4.98 Å². The van der Waals surface area contributed by atoms with Gasteiger partial charge in [0.15, 0.2) is 0 Å². The van der Waals surface area contributed by atoms with Gasteiger partial charge in [-0.05, 0) is 78.5 Å². The molecule has 214 valence electrons. The van der Waals surface area contributed by atoms with Gasteiger partial charge in [0.25, 0.3) is 0 Å². The first-order valence-corrected chi connectivity index (χ1v) is 15.7. The highest BCUT2D eigenvalue weighted by Gasteiger charge is 2.18. The van der Waals surface area contributed by atoms with Crippen LogP contribution in [0, 0.1) is 0 Å². The average Bonchev–Trinajstić information content (AvgIpc) is 3.14. The van der Waals surface area contributed by atoms with E-state index in [9.17, 15) is 0 Å². The molecule has 0 radical (unpaired) electrons. The molecule has 9 rings (SSSR count). The zero-order valence-electron chi connectivity index (χ0n) is 25.1. The molecule has 0 aliphatic heterocycles. The second kappa shape index (κ2) is 10.8. The highest BCUT2D eigenvalue weighted by molar-refractivity contribution is 6.18. The Balaban J connectivity index is 1.37. The summed E-state index contributed by atoms with van der Waals surface area (Å²) in [5, 5.41) is 8.38. The van der Waals surface area contributed by atoms with Crippen LogP contribution in [0.15, 0.2) is 170 Å².